The van der Waals surface area contributed by atoms with Gasteiger partial charge in [-0.25, -0.2) is 9.37 Å². The molecule has 3 N–H and O–H groups in total. The number of benzene rings is 2. The molecule has 0 aliphatic heterocycles. The summed E-state index contributed by atoms with van der Waals surface area (Å²) in [4.78, 5) is 20.4. The number of halogens is 2. The number of pyridine rings is 2. The van der Waals surface area contributed by atoms with Crippen LogP contribution in [0.25, 0.3) is 33.0 Å². The lowest BCUT2D eigenvalue weighted by Gasteiger charge is -2.18. The minimum Gasteiger partial charge on any atom is -0.496 e. The average Bonchev–Trinajstić information content (AvgIpc) is 2.81. The van der Waals surface area contributed by atoms with Crippen LogP contribution in [0.3, 0.4) is 0 Å². The summed E-state index contributed by atoms with van der Waals surface area (Å²) >= 11 is 0. The van der Waals surface area contributed by atoms with Gasteiger partial charge in [-0.1, -0.05) is 19.1 Å². The summed E-state index contributed by atoms with van der Waals surface area (Å²) in [5.41, 5.74) is 8.38. The SMILES string of the molecule is CCN(C)Cc1cc(-c2cc(-c3ccc4c(=O)[nH]cc(F)c4c3)c(N)nc2F)ccc1OC. The van der Waals surface area contributed by atoms with Crippen LogP contribution >= 0.6 is 0 Å². The van der Waals surface area contributed by atoms with Gasteiger partial charge in [-0.15, -0.1) is 0 Å². The van der Waals surface area contributed by atoms with E-state index in [-0.39, 0.29) is 22.2 Å². The first-order chi connectivity index (χ1) is 15.8. The quantitative estimate of drug-likeness (QED) is 0.420. The molecule has 0 unspecified atom stereocenters. The van der Waals surface area contributed by atoms with Gasteiger partial charge < -0.3 is 20.4 Å². The van der Waals surface area contributed by atoms with Gasteiger partial charge in [0.2, 0.25) is 5.95 Å². The monoisotopic (exact) mass is 450 g/mol. The van der Waals surface area contributed by atoms with Crippen LogP contribution in [0.1, 0.15) is 12.5 Å². The maximum Gasteiger partial charge on any atom is 0.256 e. The number of nitrogens with zero attached hydrogens (tertiary/aromatic N) is 2. The number of rotatable bonds is 6. The zero-order valence-electron chi connectivity index (χ0n) is 18.6. The zero-order valence-corrected chi connectivity index (χ0v) is 18.6. The van der Waals surface area contributed by atoms with Crippen LogP contribution in [-0.4, -0.2) is 35.6 Å². The van der Waals surface area contributed by atoms with Crippen molar-refractivity contribution in [3.05, 3.63) is 76.3 Å². The van der Waals surface area contributed by atoms with Crippen molar-refractivity contribution in [2.45, 2.75) is 13.5 Å². The van der Waals surface area contributed by atoms with Gasteiger partial charge in [-0.3, -0.25) is 4.79 Å². The second-order valence-electron chi connectivity index (χ2n) is 7.84. The molecule has 2 heterocycles. The zero-order chi connectivity index (χ0) is 23.7. The van der Waals surface area contributed by atoms with E-state index in [1.54, 1.807) is 31.4 Å². The van der Waals surface area contributed by atoms with E-state index < -0.39 is 17.3 Å². The van der Waals surface area contributed by atoms with Crippen molar-refractivity contribution in [3.63, 3.8) is 0 Å². The van der Waals surface area contributed by atoms with Crippen LogP contribution in [-0.2, 0) is 6.54 Å². The maximum atomic E-state index is 14.9. The molecule has 0 saturated heterocycles. The number of hydrogen-bond donors (Lipinski definition) is 2. The van der Waals surface area contributed by atoms with Crippen molar-refractivity contribution in [1.82, 2.24) is 14.9 Å². The molecule has 4 aromatic rings. The summed E-state index contributed by atoms with van der Waals surface area (Å²) < 4.78 is 34.7. The van der Waals surface area contributed by atoms with Gasteiger partial charge in [0.25, 0.3) is 5.56 Å². The molecule has 0 fully saturated rings. The number of hydrogen-bond acceptors (Lipinski definition) is 5. The van der Waals surface area contributed by atoms with Crippen molar-refractivity contribution in [3.8, 4) is 28.0 Å². The first-order valence-corrected chi connectivity index (χ1v) is 10.5. The topological polar surface area (TPSA) is 84.2 Å². The number of H-pyrrole nitrogens is 1. The molecule has 0 aliphatic carbocycles. The smallest absolute Gasteiger partial charge is 0.256 e. The molecular formula is C25H24F2N4O2. The van der Waals surface area contributed by atoms with E-state index in [4.69, 9.17) is 10.5 Å². The van der Waals surface area contributed by atoms with Crippen LogP contribution in [0.4, 0.5) is 14.6 Å². The Bertz CT molecular complexity index is 1400. The second kappa shape index (κ2) is 8.99. The predicted octanol–water partition coefficient (Wildman–Crippen LogP) is 4.58. The highest BCUT2D eigenvalue weighted by Gasteiger charge is 2.16. The summed E-state index contributed by atoms with van der Waals surface area (Å²) in [5, 5.41) is 0.364. The average molecular weight is 450 g/mol. The Balaban J connectivity index is 1.85. The van der Waals surface area contributed by atoms with Crippen molar-refractivity contribution in [2.75, 3.05) is 26.4 Å². The molecule has 0 saturated carbocycles. The molecule has 33 heavy (non-hydrogen) atoms. The first-order valence-electron chi connectivity index (χ1n) is 10.5. The van der Waals surface area contributed by atoms with Gasteiger partial charge in [0, 0.05) is 40.2 Å². The summed E-state index contributed by atoms with van der Waals surface area (Å²) in [6, 6.07) is 11.7. The molecule has 0 radical (unpaired) electrons. The van der Waals surface area contributed by atoms with Gasteiger partial charge in [0.15, 0.2) is 0 Å². The fraction of sp³-hybridized carbons (Fsp3) is 0.200. The molecule has 2 aromatic carbocycles. The number of nitrogens with two attached hydrogens (primary N) is 1. The number of aromatic nitrogens is 2. The molecular weight excluding hydrogens is 426 g/mol. The summed E-state index contributed by atoms with van der Waals surface area (Å²) in [5.74, 6) is -0.599. The number of aromatic amines is 1. The fourth-order valence-corrected chi connectivity index (χ4v) is 3.80. The van der Waals surface area contributed by atoms with E-state index in [1.807, 2.05) is 20.0 Å². The Hall–Kier alpha value is -3.78. The molecule has 0 atom stereocenters. The number of fused-ring (bicyclic) bond motifs is 1. The standard InChI is InChI=1S/C25H24F2N4O2/c1-4-31(2)13-16-9-14(6-8-22(16)33-3)18-11-19(24(28)30-23(18)27)15-5-7-17-20(10-15)21(26)12-29-25(17)32/h5-12H,4,13H2,1-3H3,(H2,28,30)(H,29,32). The van der Waals surface area contributed by atoms with E-state index >= 15 is 0 Å². The Kier molecular flexibility index (Phi) is 6.11. The highest BCUT2D eigenvalue weighted by Crippen LogP contribution is 2.35. The highest BCUT2D eigenvalue weighted by atomic mass is 19.1. The summed E-state index contributed by atoms with van der Waals surface area (Å²) in [6.45, 7) is 3.52. The minimum atomic E-state index is -0.709. The number of nitrogen functional groups attached to an aromatic ring is 1. The van der Waals surface area contributed by atoms with E-state index in [9.17, 15) is 13.6 Å². The molecule has 8 heteroatoms. The third kappa shape index (κ3) is 4.29. The molecule has 6 nitrogen and oxygen atoms in total. The number of nitrogens with one attached hydrogen (secondary N) is 1. The Morgan fingerprint density at radius 2 is 1.79 bits per heavy atom. The van der Waals surface area contributed by atoms with Crippen molar-refractivity contribution < 1.29 is 13.5 Å². The van der Waals surface area contributed by atoms with Gasteiger partial charge >= 0.3 is 0 Å². The Morgan fingerprint density at radius 1 is 1.06 bits per heavy atom. The lowest BCUT2D eigenvalue weighted by molar-refractivity contribution is 0.333. The van der Waals surface area contributed by atoms with Gasteiger partial charge in [0.05, 0.1) is 7.11 Å². The normalized spacial score (nSPS) is 11.3. The Labute approximate surface area is 189 Å². The largest absolute Gasteiger partial charge is 0.496 e. The number of anilines is 1. The van der Waals surface area contributed by atoms with Crippen LogP contribution in [0, 0.1) is 11.8 Å². The summed E-state index contributed by atoms with van der Waals surface area (Å²) in [7, 11) is 3.58. The molecule has 0 aliphatic rings. The third-order valence-corrected chi connectivity index (χ3v) is 5.74. The first kappa shape index (κ1) is 22.4. The van der Waals surface area contributed by atoms with E-state index in [1.165, 1.54) is 12.1 Å². The van der Waals surface area contributed by atoms with E-state index in [0.717, 1.165) is 18.3 Å². The van der Waals surface area contributed by atoms with Gasteiger partial charge in [0.1, 0.15) is 17.4 Å². The Morgan fingerprint density at radius 3 is 2.52 bits per heavy atom. The molecule has 2 aromatic heterocycles. The van der Waals surface area contributed by atoms with E-state index in [2.05, 4.69) is 14.9 Å². The lowest BCUT2D eigenvalue weighted by Crippen LogP contribution is -2.17. The fourth-order valence-electron chi connectivity index (χ4n) is 3.80. The van der Waals surface area contributed by atoms with Crippen LogP contribution in [0.2, 0.25) is 0 Å². The van der Waals surface area contributed by atoms with Gasteiger partial charge in [-0.05, 0) is 55.1 Å². The molecule has 0 spiro atoms. The van der Waals surface area contributed by atoms with Crippen LogP contribution in [0.5, 0.6) is 5.75 Å². The van der Waals surface area contributed by atoms with Crippen LogP contribution in [0.15, 0.2) is 53.5 Å². The van der Waals surface area contributed by atoms with E-state index in [0.29, 0.717) is 29.0 Å². The summed E-state index contributed by atoms with van der Waals surface area (Å²) in [6.07, 6.45) is 1.01. The third-order valence-electron chi connectivity index (χ3n) is 5.74. The lowest BCUT2D eigenvalue weighted by atomic mass is 9.97. The number of methoxy groups -OCH3 is 1. The van der Waals surface area contributed by atoms with Crippen LogP contribution < -0.4 is 16.0 Å². The van der Waals surface area contributed by atoms with Crippen molar-refractivity contribution in [2.24, 2.45) is 0 Å². The van der Waals surface area contributed by atoms with Gasteiger partial charge in [-0.2, -0.15) is 4.39 Å². The maximum absolute atomic E-state index is 14.9. The highest BCUT2D eigenvalue weighted by molar-refractivity contribution is 5.89. The molecule has 0 amide bonds. The molecule has 4 rings (SSSR count). The predicted molar refractivity (Wildman–Crippen MR) is 126 cm³/mol. The molecule has 170 valence electrons. The minimum absolute atomic E-state index is 0.0275. The number of ether oxygens (including phenoxy) is 1. The van der Waals surface area contributed by atoms with Crippen molar-refractivity contribution >= 4 is 16.6 Å². The second-order valence-corrected chi connectivity index (χ2v) is 7.84. The molecule has 0 bridgehead atoms. The van der Waals surface area contributed by atoms with Crippen molar-refractivity contribution in [1.29, 1.82) is 0 Å².